The molecule has 20 heavy (non-hydrogen) atoms. The summed E-state index contributed by atoms with van der Waals surface area (Å²) in [6.07, 6.45) is 0.857. The topological polar surface area (TPSA) is 70.2 Å². The van der Waals surface area contributed by atoms with E-state index in [0.717, 1.165) is 6.42 Å². The van der Waals surface area contributed by atoms with Gasteiger partial charge in [0.15, 0.2) is 0 Å². The Kier molecular flexibility index (Phi) is 7.79. The fourth-order valence-corrected chi connectivity index (χ4v) is 1.51. The average molecular weight is 285 g/mol. The summed E-state index contributed by atoms with van der Waals surface area (Å²) in [7, 11) is 0. The first-order valence-corrected chi connectivity index (χ1v) is 7.44. The van der Waals surface area contributed by atoms with Crippen LogP contribution in [-0.4, -0.2) is 36.0 Å². The normalized spacial score (nSPS) is 14.8. The van der Waals surface area contributed by atoms with E-state index in [-0.39, 0.29) is 23.4 Å². The highest BCUT2D eigenvalue weighted by Gasteiger charge is 2.24. The van der Waals surface area contributed by atoms with Gasteiger partial charge in [-0.2, -0.15) is 0 Å². The van der Waals surface area contributed by atoms with Gasteiger partial charge in [0.1, 0.15) is 0 Å². The molecule has 5 heteroatoms. The Morgan fingerprint density at radius 2 is 1.50 bits per heavy atom. The third-order valence-electron chi connectivity index (χ3n) is 3.32. The molecular weight excluding hydrogens is 254 g/mol. The summed E-state index contributed by atoms with van der Waals surface area (Å²) in [6, 6.07) is -0.792. The molecule has 0 aromatic rings. The molecule has 0 radical (unpaired) electrons. The van der Waals surface area contributed by atoms with E-state index in [1.807, 2.05) is 34.6 Å². The second-order valence-corrected chi connectivity index (χ2v) is 6.48. The van der Waals surface area contributed by atoms with Crippen molar-refractivity contribution in [3.63, 3.8) is 0 Å². The molecule has 0 rings (SSSR count). The first-order chi connectivity index (χ1) is 9.09. The van der Waals surface area contributed by atoms with E-state index in [4.69, 9.17) is 0 Å². The van der Waals surface area contributed by atoms with Crippen molar-refractivity contribution >= 4 is 11.8 Å². The van der Waals surface area contributed by atoms with Crippen molar-refractivity contribution in [3.05, 3.63) is 0 Å². The number of carbonyl (C=O) groups is 2. The van der Waals surface area contributed by atoms with E-state index >= 15 is 0 Å². The van der Waals surface area contributed by atoms with Crippen molar-refractivity contribution < 1.29 is 9.59 Å². The largest absolute Gasteiger partial charge is 0.354 e. The fourth-order valence-electron chi connectivity index (χ4n) is 1.51. The minimum absolute atomic E-state index is 0.0758. The number of rotatable bonds is 8. The van der Waals surface area contributed by atoms with Crippen LogP contribution in [0.1, 0.15) is 54.9 Å². The maximum atomic E-state index is 12.0. The van der Waals surface area contributed by atoms with E-state index < -0.39 is 6.04 Å². The number of nitrogens with one attached hydrogen (secondary N) is 3. The van der Waals surface area contributed by atoms with Crippen molar-refractivity contribution in [2.24, 2.45) is 5.92 Å². The van der Waals surface area contributed by atoms with E-state index in [1.54, 1.807) is 13.8 Å². The molecule has 0 aromatic heterocycles. The Morgan fingerprint density at radius 3 is 1.95 bits per heavy atom. The second kappa shape index (κ2) is 8.25. The van der Waals surface area contributed by atoms with Crippen molar-refractivity contribution in [3.8, 4) is 0 Å². The second-order valence-electron chi connectivity index (χ2n) is 6.48. The molecule has 2 unspecified atom stereocenters. The summed E-state index contributed by atoms with van der Waals surface area (Å²) in [5, 5.41) is 8.85. The highest BCUT2D eigenvalue weighted by atomic mass is 16.2. The Morgan fingerprint density at radius 1 is 1.00 bits per heavy atom. The van der Waals surface area contributed by atoms with Crippen LogP contribution in [0.15, 0.2) is 0 Å². The highest BCUT2D eigenvalue weighted by molar-refractivity contribution is 5.85. The van der Waals surface area contributed by atoms with E-state index in [0.29, 0.717) is 12.5 Å². The summed E-state index contributed by atoms with van der Waals surface area (Å²) in [5.74, 6) is 0.255. The van der Waals surface area contributed by atoms with E-state index in [9.17, 15) is 9.59 Å². The van der Waals surface area contributed by atoms with Gasteiger partial charge in [-0.25, -0.2) is 0 Å². The Hall–Kier alpha value is -1.10. The lowest BCUT2D eigenvalue weighted by atomic mass is 10.0. The van der Waals surface area contributed by atoms with Crippen molar-refractivity contribution in [2.75, 3.05) is 6.54 Å². The molecule has 3 N–H and O–H groups in total. The molecule has 0 heterocycles. The maximum Gasteiger partial charge on any atom is 0.237 e. The van der Waals surface area contributed by atoms with Crippen LogP contribution in [0.5, 0.6) is 0 Å². The molecule has 0 saturated heterocycles. The first-order valence-electron chi connectivity index (χ1n) is 7.44. The Labute approximate surface area is 123 Å². The quantitative estimate of drug-likeness (QED) is 0.632. The van der Waals surface area contributed by atoms with Crippen LogP contribution in [0.3, 0.4) is 0 Å². The van der Waals surface area contributed by atoms with Crippen LogP contribution in [0.2, 0.25) is 0 Å². The number of carbonyl (C=O) groups excluding carboxylic acids is 2. The molecule has 0 aromatic carbocycles. The summed E-state index contributed by atoms with van der Waals surface area (Å²) in [4.78, 5) is 23.9. The molecule has 118 valence electrons. The van der Waals surface area contributed by atoms with Crippen LogP contribution in [0, 0.1) is 5.92 Å². The first kappa shape index (κ1) is 18.9. The molecular formula is C15H31N3O2. The zero-order valence-electron chi connectivity index (χ0n) is 14.0. The monoisotopic (exact) mass is 285 g/mol. The number of amides is 2. The van der Waals surface area contributed by atoms with Crippen LogP contribution < -0.4 is 16.0 Å². The smallest absolute Gasteiger partial charge is 0.237 e. The van der Waals surface area contributed by atoms with Gasteiger partial charge in [-0.3, -0.25) is 14.9 Å². The van der Waals surface area contributed by atoms with Gasteiger partial charge in [0, 0.05) is 12.1 Å². The van der Waals surface area contributed by atoms with Crippen LogP contribution >= 0.6 is 0 Å². The number of hydrogen-bond acceptors (Lipinski definition) is 3. The van der Waals surface area contributed by atoms with Gasteiger partial charge < -0.3 is 10.6 Å². The van der Waals surface area contributed by atoms with Gasteiger partial charge in [0.25, 0.3) is 0 Å². The molecule has 0 fully saturated rings. The molecule has 0 aliphatic rings. The van der Waals surface area contributed by atoms with Crippen LogP contribution in [-0.2, 0) is 9.59 Å². The predicted octanol–water partition coefficient (Wildman–Crippen LogP) is 1.43. The minimum Gasteiger partial charge on any atom is -0.354 e. The summed E-state index contributed by atoms with van der Waals surface area (Å²) in [6.45, 7) is 14.3. The molecule has 2 amide bonds. The van der Waals surface area contributed by atoms with Gasteiger partial charge in [0.2, 0.25) is 11.8 Å². The lowest BCUT2D eigenvalue weighted by Gasteiger charge is -2.27. The van der Waals surface area contributed by atoms with Gasteiger partial charge in [-0.05, 0) is 40.0 Å². The van der Waals surface area contributed by atoms with E-state index in [1.165, 1.54) is 0 Å². The van der Waals surface area contributed by atoms with Crippen molar-refractivity contribution in [1.82, 2.24) is 16.0 Å². The lowest BCUT2D eigenvalue weighted by molar-refractivity contribution is -0.126. The molecule has 0 saturated carbocycles. The molecule has 0 aliphatic carbocycles. The fraction of sp³-hybridized carbons (Fsp3) is 0.867. The Balaban J connectivity index is 4.27. The summed E-state index contributed by atoms with van der Waals surface area (Å²) < 4.78 is 0. The summed E-state index contributed by atoms with van der Waals surface area (Å²) in [5.41, 5.74) is -0.226. The van der Waals surface area contributed by atoms with E-state index in [2.05, 4.69) is 16.0 Å². The maximum absolute atomic E-state index is 12.0. The van der Waals surface area contributed by atoms with Crippen LogP contribution in [0.25, 0.3) is 0 Å². The predicted molar refractivity (Wildman–Crippen MR) is 82.4 cm³/mol. The highest BCUT2D eigenvalue weighted by Crippen LogP contribution is 2.07. The van der Waals surface area contributed by atoms with Gasteiger partial charge >= 0.3 is 0 Å². The molecule has 2 atom stereocenters. The third-order valence-corrected chi connectivity index (χ3v) is 3.32. The van der Waals surface area contributed by atoms with Crippen LogP contribution in [0.4, 0.5) is 0 Å². The zero-order chi connectivity index (χ0) is 15.9. The summed E-state index contributed by atoms with van der Waals surface area (Å²) >= 11 is 0. The van der Waals surface area contributed by atoms with Gasteiger partial charge in [0.05, 0.1) is 12.1 Å². The van der Waals surface area contributed by atoms with Gasteiger partial charge in [-0.15, -0.1) is 0 Å². The van der Waals surface area contributed by atoms with Crippen molar-refractivity contribution in [1.29, 1.82) is 0 Å². The molecule has 5 nitrogen and oxygen atoms in total. The average Bonchev–Trinajstić information content (AvgIpc) is 2.34. The number of hydrogen-bond donors (Lipinski definition) is 3. The standard InChI is InChI=1S/C15H31N3O2/c1-8-15(6,7)18-14(20)12(5)17-11(4)13(19)16-9-10(2)3/h10-12,17H,8-9H2,1-7H3,(H,16,19)(H,18,20). The SMILES string of the molecule is CCC(C)(C)NC(=O)C(C)NC(C)C(=O)NCC(C)C. The molecule has 0 aliphatic heterocycles. The minimum atomic E-state index is -0.402. The lowest BCUT2D eigenvalue weighted by Crippen LogP contribution is -2.55. The molecule has 0 bridgehead atoms. The van der Waals surface area contributed by atoms with Gasteiger partial charge in [-0.1, -0.05) is 20.8 Å². The van der Waals surface area contributed by atoms with Crippen molar-refractivity contribution in [2.45, 2.75) is 72.5 Å². The zero-order valence-corrected chi connectivity index (χ0v) is 14.0. The third kappa shape index (κ3) is 7.48. The molecule has 0 spiro atoms. The Bertz CT molecular complexity index is 327.